The molecule has 2 aromatic carbocycles. The van der Waals surface area contributed by atoms with Gasteiger partial charge in [0.15, 0.2) is 17.3 Å². The summed E-state index contributed by atoms with van der Waals surface area (Å²) in [6.07, 6.45) is -4.71. The molecule has 27 heavy (non-hydrogen) atoms. The van der Waals surface area contributed by atoms with Crippen LogP contribution < -0.4 is 14.8 Å². The van der Waals surface area contributed by atoms with E-state index in [1.807, 2.05) is 0 Å². The summed E-state index contributed by atoms with van der Waals surface area (Å²) < 4.78 is 48.3. The summed E-state index contributed by atoms with van der Waals surface area (Å²) in [6, 6.07) is 6.48. The first-order valence-corrected chi connectivity index (χ1v) is 7.52. The first-order valence-electron chi connectivity index (χ1n) is 7.52. The van der Waals surface area contributed by atoms with Crippen LogP contribution in [0.25, 0.3) is 0 Å². The average Bonchev–Trinajstić information content (AvgIpc) is 2.64. The van der Waals surface area contributed by atoms with Crippen molar-refractivity contribution in [3.63, 3.8) is 0 Å². The molecule has 0 aromatic heterocycles. The van der Waals surface area contributed by atoms with E-state index in [-0.39, 0.29) is 17.8 Å². The molecule has 0 bridgehead atoms. The molecule has 0 saturated heterocycles. The van der Waals surface area contributed by atoms with Crippen LogP contribution in [0.4, 0.5) is 24.5 Å². The van der Waals surface area contributed by atoms with E-state index in [1.54, 1.807) is 0 Å². The molecule has 0 radical (unpaired) electrons. The van der Waals surface area contributed by atoms with Gasteiger partial charge in [0.1, 0.15) is 5.69 Å². The second kappa shape index (κ2) is 7.94. The summed E-state index contributed by atoms with van der Waals surface area (Å²) in [5.74, 6) is 0.300. The number of carbonyl (C=O) groups is 1. The van der Waals surface area contributed by atoms with Crippen LogP contribution in [0.15, 0.2) is 36.4 Å². The molecule has 144 valence electrons. The number of halogens is 3. The lowest BCUT2D eigenvalue weighted by molar-refractivity contribution is -0.384. The summed E-state index contributed by atoms with van der Waals surface area (Å²) in [5, 5.41) is 13.6. The normalized spacial score (nSPS) is 11.0. The fourth-order valence-corrected chi connectivity index (χ4v) is 2.30. The Morgan fingerprint density at radius 1 is 1.11 bits per heavy atom. The second-order valence-electron chi connectivity index (χ2n) is 5.33. The highest BCUT2D eigenvalue weighted by molar-refractivity contribution is 5.99. The van der Waals surface area contributed by atoms with Crippen molar-refractivity contribution in [3.05, 3.63) is 57.6 Å². The van der Waals surface area contributed by atoms with Crippen LogP contribution >= 0.6 is 0 Å². The number of hydrogen-bond acceptors (Lipinski definition) is 6. The third-order valence-corrected chi connectivity index (χ3v) is 3.67. The van der Waals surface area contributed by atoms with Crippen LogP contribution in [0.5, 0.6) is 11.5 Å². The number of alkyl halides is 3. The molecule has 0 fully saturated rings. The Morgan fingerprint density at radius 3 is 2.33 bits per heavy atom. The van der Waals surface area contributed by atoms with Gasteiger partial charge in [-0.15, -0.1) is 0 Å². The van der Waals surface area contributed by atoms with Crippen LogP contribution in [0.1, 0.15) is 15.9 Å². The molecule has 0 aliphatic heterocycles. The van der Waals surface area contributed by atoms with E-state index in [1.165, 1.54) is 32.4 Å². The predicted molar refractivity (Wildman–Crippen MR) is 90.5 cm³/mol. The topological polar surface area (TPSA) is 90.7 Å². The molecule has 10 heteroatoms. The van der Waals surface area contributed by atoms with Gasteiger partial charge in [-0.1, -0.05) is 0 Å². The summed E-state index contributed by atoms with van der Waals surface area (Å²) in [7, 11) is 2.83. The average molecular weight is 384 g/mol. The minimum Gasteiger partial charge on any atom is -0.493 e. The van der Waals surface area contributed by atoms with E-state index in [0.717, 1.165) is 6.07 Å². The minimum atomic E-state index is -4.71. The Labute approximate surface area is 151 Å². The zero-order chi connectivity index (χ0) is 20.2. The van der Waals surface area contributed by atoms with E-state index in [0.29, 0.717) is 23.6 Å². The molecule has 0 amide bonds. The van der Waals surface area contributed by atoms with Crippen molar-refractivity contribution >= 4 is 17.2 Å². The molecule has 0 atom stereocenters. The largest absolute Gasteiger partial charge is 0.493 e. The fourth-order valence-electron chi connectivity index (χ4n) is 2.30. The highest BCUT2D eigenvalue weighted by atomic mass is 19.4. The lowest BCUT2D eigenvalue weighted by atomic mass is 10.1. The highest BCUT2D eigenvalue weighted by Gasteiger charge is 2.33. The van der Waals surface area contributed by atoms with E-state index < -0.39 is 28.1 Å². The van der Waals surface area contributed by atoms with Crippen molar-refractivity contribution in [2.75, 3.05) is 26.1 Å². The SMILES string of the molecule is COc1ccc(C(=O)CNc2ccc(C(F)(F)F)cc2[N+](=O)[O-])cc1OC. The van der Waals surface area contributed by atoms with Gasteiger partial charge in [0, 0.05) is 11.6 Å². The maximum atomic E-state index is 12.7. The van der Waals surface area contributed by atoms with E-state index in [9.17, 15) is 28.1 Å². The summed E-state index contributed by atoms with van der Waals surface area (Å²) in [4.78, 5) is 22.4. The van der Waals surface area contributed by atoms with Crippen LogP contribution in [0.3, 0.4) is 0 Å². The van der Waals surface area contributed by atoms with Crippen LogP contribution in [-0.2, 0) is 6.18 Å². The molecule has 7 nitrogen and oxygen atoms in total. The van der Waals surface area contributed by atoms with Crippen molar-refractivity contribution in [1.29, 1.82) is 0 Å². The molecule has 2 aromatic rings. The highest BCUT2D eigenvalue weighted by Crippen LogP contribution is 2.35. The summed E-state index contributed by atoms with van der Waals surface area (Å²) in [6.45, 7) is -0.359. The lowest BCUT2D eigenvalue weighted by Crippen LogP contribution is -2.15. The quantitative estimate of drug-likeness (QED) is 0.442. The van der Waals surface area contributed by atoms with E-state index in [4.69, 9.17) is 9.47 Å². The number of nitrogens with zero attached hydrogens (tertiary/aromatic N) is 1. The van der Waals surface area contributed by atoms with Gasteiger partial charge < -0.3 is 14.8 Å². The van der Waals surface area contributed by atoms with Gasteiger partial charge in [0.25, 0.3) is 5.69 Å². The number of methoxy groups -OCH3 is 2. The van der Waals surface area contributed by atoms with Crippen molar-refractivity contribution in [2.45, 2.75) is 6.18 Å². The maximum Gasteiger partial charge on any atom is 0.416 e. The van der Waals surface area contributed by atoms with Crippen molar-refractivity contribution in [2.24, 2.45) is 0 Å². The first kappa shape index (κ1) is 20.0. The molecule has 0 saturated carbocycles. The van der Waals surface area contributed by atoms with Gasteiger partial charge in [0.2, 0.25) is 0 Å². The number of nitro benzene ring substituents is 1. The third-order valence-electron chi connectivity index (χ3n) is 3.67. The van der Waals surface area contributed by atoms with Gasteiger partial charge in [0.05, 0.1) is 31.3 Å². The Hall–Kier alpha value is -3.30. The van der Waals surface area contributed by atoms with Crippen LogP contribution in [0, 0.1) is 10.1 Å². The van der Waals surface area contributed by atoms with Crippen LogP contribution in [-0.4, -0.2) is 31.5 Å². The number of anilines is 1. The molecule has 1 N–H and O–H groups in total. The smallest absolute Gasteiger partial charge is 0.416 e. The Morgan fingerprint density at radius 2 is 1.78 bits per heavy atom. The number of nitrogens with one attached hydrogen (secondary N) is 1. The Kier molecular flexibility index (Phi) is 5.88. The molecule has 0 unspecified atom stereocenters. The molecule has 0 aliphatic carbocycles. The zero-order valence-electron chi connectivity index (χ0n) is 14.3. The van der Waals surface area contributed by atoms with Crippen molar-refractivity contribution < 1.29 is 32.4 Å². The monoisotopic (exact) mass is 384 g/mol. The second-order valence-corrected chi connectivity index (χ2v) is 5.33. The molecular formula is C17H15F3N2O5. The number of benzene rings is 2. The predicted octanol–water partition coefficient (Wildman–Crippen LogP) is 3.93. The van der Waals surface area contributed by atoms with Crippen molar-refractivity contribution in [3.8, 4) is 11.5 Å². The fraction of sp³-hybridized carbons (Fsp3) is 0.235. The summed E-state index contributed by atoms with van der Waals surface area (Å²) >= 11 is 0. The number of hydrogen-bond donors (Lipinski definition) is 1. The molecule has 0 aliphatic rings. The third kappa shape index (κ3) is 4.66. The maximum absolute atomic E-state index is 12.7. The Bertz CT molecular complexity index is 868. The molecule has 0 heterocycles. The number of rotatable bonds is 7. The summed E-state index contributed by atoms with van der Waals surface area (Å²) in [5.41, 5.74) is -1.87. The van der Waals surface area contributed by atoms with Gasteiger partial charge >= 0.3 is 6.18 Å². The van der Waals surface area contributed by atoms with Crippen molar-refractivity contribution in [1.82, 2.24) is 0 Å². The zero-order valence-corrected chi connectivity index (χ0v) is 14.3. The van der Waals surface area contributed by atoms with Crippen LogP contribution in [0.2, 0.25) is 0 Å². The first-order chi connectivity index (χ1) is 12.7. The number of carbonyl (C=O) groups excluding carboxylic acids is 1. The minimum absolute atomic E-state index is 0.193. The lowest BCUT2D eigenvalue weighted by Gasteiger charge is -2.11. The molecule has 0 spiro atoms. The van der Waals surface area contributed by atoms with E-state index in [2.05, 4.69) is 5.32 Å². The molecular weight excluding hydrogens is 369 g/mol. The van der Waals surface area contributed by atoms with Gasteiger partial charge in [-0.2, -0.15) is 13.2 Å². The number of Topliss-reactive ketones (excluding diaryl/α,β-unsaturated/α-hetero) is 1. The Balaban J connectivity index is 2.21. The van der Waals surface area contributed by atoms with E-state index >= 15 is 0 Å². The number of ketones is 1. The number of nitro groups is 1. The standard InChI is InChI=1S/C17H15F3N2O5/c1-26-15-6-3-10(7-16(15)27-2)14(23)9-21-12-5-4-11(17(18,19)20)8-13(12)22(24)25/h3-8,21H,9H2,1-2H3. The molecule has 2 rings (SSSR count). The van der Waals surface area contributed by atoms with Gasteiger partial charge in [-0.05, 0) is 30.3 Å². The van der Waals surface area contributed by atoms with Gasteiger partial charge in [-0.25, -0.2) is 0 Å². The number of ether oxygens (including phenoxy) is 2. The van der Waals surface area contributed by atoms with Gasteiger partial charge in [-0.3, -0.25) is 14.9 Å².